The van der Waals surface area contributed by atoms with E-state index >= 15 is 0 Å². The molecule has 2 aromatic carbocycles. The molecular formula is C21H21FN4O3. The minimum Gasteiger partial charge on any atom is -0.493 e. The van der Waals surface area contributed by atoms with Crippen molar-refractivity contribution in [3.8, 4) is 11.5 Å². The van der Waals surface area contributed by atoms with E-state index in [1.807, 2.05) is 6.07 Å². The molecule has 0 unspecified atom stereocenters. The number of hydrogen-bond donors (Lipinski definition) is 2. The van der Waals surface area contributed by atoms with Gasteiger partial charge in [0.05, 0.1) is 26.6 Å². The zero-order chi connectivity index (χ0) is 20.6. The van der Waals surface area contributed by atoms with Crippen molar-refractivity contribution in [3.63, 3.8) is 0 Å². The third-order valence-corrected chi connectivity index (χ3v) is 4.17. The fourth-order valence-electron chi connectivity index (χ4n) is 2.59. The summed E-state index contributed by atoms with van der Waals surface area (Å²) in [7, 11) is 3.12. The molecule has 29 heavy (non-hydrogen) atoms. The standard InChI is InChI=1S/C21H21FN4O3/c1-28-18-8-5-15(9-19(18)29-2)11-26-21(27)17-12-25-20(13-23-17)24-10-14-3-6-16(22)7-4-14/h3-9,12-13H,10-11H2,1-2H3,(H,24,25)(H,26,27). The first-order valence-electron chi connectivity index (χ1n) is 8.88. The first kappa shape index (κ1) is 20.1. The van der Waals surface area contributed by atoms with Gasteiger partial charge in [0.2, 0.25) is 0 Å². The minimum absolute atomic E-state index is 0.206. The number of ether oxygens (including phenoxy) is 2. The highest BCUT2D eigenvalue weighted by molar-refractivity contribution is 5.91. The number of amides is 1. The molecule has 7 nitrogen and oxygen atoms in total. The fraction of sp³-hybridized carbons (Fsp3) is 0.190. The average Bonchev–Trinajstić information content (AvgIpc) is 2.77. The summed E-state index contributed by atoms with van der Waals surface area (Å²) >= 11 is 0. The molecule has 0 fully saturated rings. The van der Waals surface area contributed by atoms with Gasteiger partial charge in [-0.25, -0.2) is 14.4 Å². The first-order chi connectivity index (χ1) is 14.1. The van der Waals surface area contributed by atoms with E-state index in [0.717, 1.165) is 11.1 Å². The molecule has 0 atom stereocenters. The molecule has 0 spiro atoms. The van der Waals surface area contributed by atoms with Crippen LogP contribution in [0.3, 0.4) is 0 Å². The highest BCUT2D eigenvalue weighted by Gasteiger charge is 2.10. The summed E-state index contributed by atoms with van der Waals surface area (Å²) in [4.78, 5) is 20.6. The number of anilines is 1. The SMILES string of the molecule is COc1ccc(CNC(=O)c2cnc(NCc3ccc(F)cc3)cn2)cc1OC. The molecule has 0 saturated carbocycles. The van der Waals surface area contributed by atoms with E-state index in [4.69, 9.17) is 9.47 Å². The van der Waals surface area contributed by atoms with Crippen molar-refractivity contribution in [2.24, 2.45) is 0 Å². The lowest BCUT2D eigenvalue weighted by Crippen LogP contribution is -2.24. The minimum atomic E-state index is -0.336. The Hall–Kier alpha value is -3.68. The Morgan fingerprint density at radius 1 is 0.931 bits per heavy atom. The number of rotatable bonds is 8. The van der Waals surface area contributed by atoms with Crippen LogP contribution in [-0.2, 0) is 13.1 Å². The highest BCUT2D eigenvalue weighted by Crippen LogP contribution is 2.27. The maximum Gasteiger partial charge on any atom is 0.271 e. The Balaban J connectivity index is 1.54. The molecule has 2 N–H and O–H groups in total. The molecule has 3 aromatic rings. The van der Waals surface area contributed by atoms with Crippen LogP contribution in [0.2, 0.25) is 0 Å². The van der Waals surface area contributed by atoms with Gasteiger partial charge in [-0.3, -0.25) is 4.79 Å². The summed E-state index contributed by atoms with van der Waals surface area (Å²) in [5.41, 5.74) is 1.98. The molecule has 0 saturated heterocycles. The quantitative estimate of drug-likeness (QED) is 0.608. The molecule has 0 aliphatic heterocycles. The first-order valence-corrected chi connectivity index (χ1v) is 8.88. The topological polar surface area (TPSA) is 85.4 Å². The smallest absolute Gasteiger partial charge is 0.271 e. The lowest BCUT2D eigenvalue weighted by molar-refractivity contribution is 0.0945. The van der Waals surface area contributed by atoms with Crippen LogP contribution in [-0.4, -0.2) is 30.1 Å². The third kappa shape index (κ3) is 5.41. The van der Waals surface area contributed by atoms with Crippen LogP contribution in [0.4, 0.5) is 10.2 Å². The largest absolute Gasteiger partial charge is 0.493 e. The molecule has 0 radical (unpaired) electrons. The number of hydrogen-bond acceptors (Lipinski definition) is 6. The average molecular weight is 396 g/mol. The second-order valence-electron chi connectivity index (χ2n) is 6.14. The van der Waals surface area contributed by atoms with E-state index in [0.29, 0.717) is 30.4 Å². The molecule has 0 bridgehead atoms. The van der Waals surface area contributed by atoms with Gasteiger partial charge >= 0.3 is 0 Å². The van der Waals surface area contributed by atoms with E-state index in [-0.39, 0.29) is 17.4 Å². The molecule has 150 valence electrons. The fourth-order valence-corrected chi connectivity index (χ4v) is 2.59. The van der Waals surface area contributed by atoms with Crippen LogP contribution in [0.25, 0.3) is 0 Å². The molecule has 1 heterocycles. The maximum absolute atomic E-state index is 12.9. The zero-order valence-electron chi connectivity index (χ0n) is 16.1. The van der Waals surface area contributed by atoms with Crippen molar-refractivity contribution in [1.82, 2.24) is 15.3 Å². The Bertz CT molecular complexity index is 963. The molecule has 8 heteroatoms. The molecular weight excluding hydrogens is 375 g/mol. The summed E-state index contributed by atoms with van der Waals surface area (Å²) in [6, 6.07) is 11.6. The summed E-state index contributed by atoms with van der Waals surface area (Å²) in [5, 5.41) is 5.87. The van der Waals surface area contributed by atoms with E-state index in [1.165, 1.54) is 24.5 Å². The van der Waals surface area contributed by atoms with Crippen molar-refractivity contribution in [2.75, 3.05) is 19.5 Å². The van der Waals surface area contributed by atoms with Crippen LogP contribution < -0.4 is 20.1 Å². The zero-order valence-corrected chi connectivity index (χ0v) is 16.1. The van der Waals surface area contributed by atoms with E-state index in [9.17, 15) is 9.18 Å². The number of halogens is 1. The number of carbonyl (C=O) groups excluding carboxylic acids is 1. The lowest BCUT2D eigenvalue weighted by Gasteiger charge is -2.10. The van der Waals surface area contributed by atoms with Crippen LogP contribution in [0, 0.1) is 5.82 Å². The predicted octanol–water partition coefficient (Wildman–Crippen LogP) is 3.18. The van der Waals surface area contributed by atoms with Crippen LogP contribution in [0.15, 0.2) is 54.9 Å². The number of nitrogens with one attached hydrogen (secondary N) is 2. The normalized spacial score (nSPS) is 10.3. The van der Waals surface area contributed by atoms with Crippen molar-refractivity contribution < 1.29 is 18.7 Å². The molecule has 3 rings (SSSR count). The van der Waals surface area contributed by atoms with Crippen LogP contribution >= 0.6 is 0 Å². The summed E-state index contributed by atoms with van der Waals surface area (Å²) in [5.74, 6) is 1.12. The monoisotopic (exact) mass is 396 g/mol. The van der Waals surface area contributed by atoms with Crippen molar-refractivity contribution in [1.29, 1.82) is 0 Å². The Morgan fingerprint density at radius 2 is 1.66 bits per heavy atom. The van der Waals surface area contributed by atoms with Gasteiger partial charge in [-0.05, 0) is 35.4 Å². The summed E-state index contributed by atoms with van der Waals surface area (Å²) < 4.78 is 23.4. The molecule has 1 aromatic heterocycles. The van der Waals surface area contributed by atoms with Crippen LogP contribution in [0.1, 0.15) is 21.6 Å². The van der Waals surface area contributed by atoms with E-state index < -0.39 is 0 Å². The van der Waals surface area contributed by atoms with Crippen molar-refractivity contribution in [3.05, 3.63) is 77.5 Å². The maximum atomic E-state index is 12.9. The summed E-state index contributed by atoms with van der Waals surface area (Å²) in [6.45, 7) is 0.783. The third-order valence-electron chi connectivity index (χ3n) is 4.17. The second-order valence-corrected chi connectivity index (χ2v) is 6.14. The van der Waals surface area contributed by atoms with Gasteiger partial charge < -0.3 is 20.1 Å². The number of carbonyl (C=O) groups is 1. The Labute approximate surface area is 167 Å². The highest BCUT2D eigenvalue weighted by atomic mass is 19.1. The van der Waals surface area contributed by atoms with Gasteiger partial charge in [0, 0.05) is 13.1 Å². The van der Waals surface area contributed by atoms with Gasteiger partial charge in [-0.15, -0.1) is 0 Å². The second kappa shape index (κ2) is 9.50. The van der Waals surface area contributed by atoms with Crippen molar-refractivity contribution in [2.45, 2.75) is 13.1 Å². The molecule has 0 aliphatic rings. The van der Waals surface area contributed by atoms with Crippen molar-refractivity contribution >= 4 is 11.7 Å². The Kier molecular flexibility index (Phi) is 6.57. The lowest BCUT2D eigenvalue weighted by atomic mass is 10.2. The number of methoxy groups -OCH3 is 2. The van der Waals surface area contributed by atoms with E-state index in [2.05, 4.69) is 20.6 Å². The van der Waals surface area contributed by atoms with Crippen LogP contribution in [0.5, 0.6) is 11.5 Å². The van der Waals surface area contributed by atoms with Gasteiger partial charge in [0.1, 0.15) is 17.3 Å². The molecule has 1 amide bonds. The number of nitrogens with zero attached hydrogens (tertiary/aromatic N) is 2. The number of benzene rings is 2. The van der Waals surface area contributed by atoms with E-state index in [1.54, 1.807) is 38.5 Å². The molecule has 0 aliphatic carbocycles. The number of aromatic nitrogens is 2. The Morgan fingerprint density at radius 3 is 2.31 bits per heavy atom. The van der Waals surface area contributed by atoms with Gasteiger partial charge in [0.25, 0.3) is 5.91 Å². The van der Waals surface area contributed by atoms with Gasteiger partial charge in [-0.1, -0.05) is 18.2 Å². The summed E-state index contributed by atoms with van der Waals surface area (Å²) in [6.07, 6.45) is 2.88. The van der Waals surface area contributed by atoms with Gasteiger partial charge in [-0.2, -0.15) is 0 Å². The predicted molar refractivity (Wildman–Crippen MR) is 106 cm³/mol. The van der Waals surface area contributed by atoms with Gasteiger partial charge in [0.15, 0.2) is 11.5 Å².